The molecule has 1 N–H and O–H groups in total. The topological polar surface area (TPSA) is 76.1 Å². The number of likely N-dealkylation sites (tertiary alicyclic amines) is 1. The second kappa shape index (κ2) is 4.59. The van der Waals surface area contributed by atoms with Crippen LogP contribution in [0.1, 0.15) is 27.2 Å². The largest absolute Gasteiger partial charge is 0.506 e. The molecule has 0 saturated carbocycles. The molecule has 1 unspecified atom stereocenters. The molecule has 0 aromatic rings. The van der Waals surface area contributed by atoms with E-state index in [4.69, 9.17) is 9.84 Å². The summed E-state index contributed by atoms with van der Waals surface area (Å²) in [5.41, 5.74) is -0.539. The zero-order valence-corrected chi connectivity index (χ0v) is 9.73. The fraction of sp³-hybridized carbons (Fsp3) is 0.800. The second-order valence-corrected chi connectivity index (χ2v) is 4.72. The van der Waals surface area contributed by atoms with Gasteiger partial charge in [-0.05, 0) is 20.8 Å². The summed E-state index contributed by atoms with van der Waals surface area (Å²) in [5.74, 6) is 0. The lowest BCUT2D eigenvalue weighted by Crippen LogP contribution is -2.36. The van der Waals surface area contributed by atoms with Crippen molar-refractivity contribution in [2.24, 2.45) is 0 Å². The maximum atomic E-state index is 11.6. The van der Waals surface area contributed by atoms with Crippen molar-refractivity contribution < 1.29 is 24.2 Å². The average Bonchev–Trinajstić information content (AvgIpc) is 2.48. The van der Waals surface area contributed by atoms with Gasteiger partial charge in [0.05, 0.1) is 6.54 Å². The Kier molecular flexibility index (Phi) is 3.62. The monoisotopic (exact) mass is 231 g/mol. The fourth-order valence-electron chi connectivity index (χ4n) is 1.46. The summed E-state index contributed by atoms with van der Waals surface area (Å²) in [5, 5.41) is 8.43. The van der Waals surface area contributed by atoms with Gasteiger partial charge in [-0.25, -0.2) is 9.59 Å². The smallest absolute Gasteiger partial charge is 0.450 e. The lowest BCUT2D eigenvalue weighted by Gasteiger charge is -2.24. The highest BCUT2D eigenvalue weighted by molar-refractivity contribution is 5.68. The molecule has 92 valence electrons. The number of amides is 1. The molecule has 6 nitrogen and oxygen atoms in total. The Labute approximate surface area is 94.1 Å². The first-order chi connectivity index (χ1) is 7.28. The minimum absolute atomic E-state index is 0.265. The Balaban J connectivity index is 2.41. The van der Waals surface area contributed by atoms with Crippen LogP contribution in [0.4, 0.5) is 9.59 Å². The van der Waals surface area contributed by atoms with Crippen LogP contribution in [-0.4, -0.2) is 47.0 Å². The van der Waals surface area contributed by atoms with Crippen LogP contribution in [0.5, 0.6) is 0 Å². The van der Waals surface area contributed by atoms with Crippen LogP contribution < -0.4 is 0 Å². The SMILES string of the molecule is CC(C)(C)OC(=O)N1CCC(OC(=O)O)C1. The molecule has 1 fully saturated rings. The van der Waals surface area contributed by atoms with E-state index in [2.05, 4.69) is 4.74 Å². The first-order valence-electron chi connectivity index (χ1n) is 5.15. The minimum Gasteiger partial charge on any atom is -0.450 e. The van der Waals surface area contributed by atoms with Crippen LogP contribution in [0.15, 0.2) is 0 Å². The molecule has 6 heteroatoms. The standard InChI is InChI=1S/C10H17NO5/c1-10(2,3)16-8(12)11-5-4-7(6-11)15-9(13)14/h7H,4-6H2,1-3H3,(H,13,14). The molecular formula is C10H17NO5. The van der Waals surface area contributed by atoms with E-state index in [0.717, 1.165) is 0 Å². The summed E-state index contributed by atoms with van der Waals surface area (Å²) in [6, 6.07) is 0. The summed E-state index contributed by atoms with van der Waals surface area (Å²) in [7, 11) is 0. The maximum Gasteiger partial charge on any atom is 0.506 e. The van der Waals surface area contributed by atoms with Crippen molar-refractivity contribution in [1.29, 1.82) is 0 Å². The van der Waals surface area contributed by atoms with Gasteiger partial charge in [-0.15, -0.1) is 0 Å². The molecule has 1 saturated heterocycles. The summed E-state index contributed by atoms with van der Waals surface area (Å²) >= 11 is 0. The Morgan fingerprint density at radius 2 is 2.00 bits per heavy atom. The van der Waals surface area contributed by atoms with E-state index in [1.54, 1.807) is 20.8 Å². The molecule has 1 aliphatic heterocycles. The third-order valence-corrected chi connectivity index (χ3v) is 2.06. The summed E-state index contributed by atoms with van der Waals surface area (Å²) in [6.45, 7) is 6.08. The van der Waals surface area contributed by atoms with Crippen LogP contribution in [0.3, 0.4) is 0 Å². The quantitative estimate of drug-likeness (QED) is 0.695. The van der Waals surface area contributed by atoms with E-state index in [-0.39, 0.29) is 6.54 Å². The van der Waals surface area contributed by atoms with E-state index in [1.807, 2.05) is 0 Å². The molecule has 0 spiro atoms. The molecular weight excluding hydrogens is 214 g/mol. The molecule has 1 rings (SSSR count). The molecule has 1 aliphatic rings. The summed E-state index contributed by atoms with van der Waals surface area (Å²) in [6.07, 6.45) is -1.66. The Morgan fingerprint density at radius 1 is 1.38 bits per heavy atom. The van der Waals surface area contributed by atoms with Crippen LogP contribution in [0.25, 0.3) is 0 Å². The van der Waals surface area contributed by atoms with Crippen molar-refractivity contribution in [2.45, 2.75) is 38.9 Å². The van der Waals surface area contributed by atoms with Crippen molar-refractivity contribution in [3.05, 3.63) is 0 Å². The Hall–Kier alpha value is -1.46. The molecule has 0 bridgehead atoms. The normalized spacial score (nSPS) is 20.7. The van der Waals surface area contributed by atoms with Gasteiger partial charge in [0, 0.05) is 13.0 Å². The van der Waals surface area contributed by atoms with Crippen molar-refractivity contribution in [3.8, 4) is 0 Å². The predicted molar refractivity (Wildman–Crippen MR) is 55.3 cm³/mol. The van der Waals surface area contributed by atoms with E-state index in [1.165, 1.54) is 4.90 Å². The zero-order chi connectivity index (χ0) is 12.3. The number of carboxylic acid groups (broad SMARTS) is 1. The van der Waals surface area contributed by atoms with Gasteiger partial charge in [0.25, 0.3) is 0 Å². The highest BCUT2D eigenvalue weighted by Gasteiger charge is 2.31. The number of rotatable bonds is 1. The fourth-order valence-corrected chi connectivity index (χ4v) is 1.46. The van der Waals surface area contributed by atoms with E-state index >= 15 is 0 Å². The molecule has 0 aromatic heterocycles. The van der Waals surface area contributed by atoms with Gasteiger partial charge in [-0.1, -0.05) is 0 Å². The van der Waals surface area contributed by atoms with Gasteiger partial charge >= 0.3 is 12.2 Å². The van der Waals surface area contributed by atoms with E-state index in [9.17, 15) is 9.59 Å². The number of hydrogen-bond donors (Lipinski definition) is 1. The van der Waals surface area contributed by atoms with E-state index in [0.29, 0.717) is 13.0 Å². The molecule has 1 amide bonds. The van der Waals surface area contributed by atoms with Gasteiger partial charge in [-0.2, -0.15) is 0 Å². The summed E-state index contributed by atoms with van der Waals surface area (Å²) < 4.78 is 9.75. The van der Waals surface area contributed by atoms with Crippen molar-refractivity contribution >= 4 is 12.2 Å². The number of carbonyl (C=O) groups excluding carboxylic acids is 1. The third kappa shape index (κ3) is 3.96. The molecule has 1 heterocycles. The number of ether oxygens (including phenoxy) is 2. The molecule has 16 heavy (non-hydrogen) atoms. The van der Waals surface area contributed by atoms with Crippen molar-refractivity contribution in [2.75, 3.05) is 13.1 Å². The Morgan fingerprint density at radius 3 is 2.50 bits per heavy atom. The van der Waals surface area contributed by atoms with Crippen LogP contribution in [-0.2, 0) is 9.47 Å². The summed E-state index contributed by atoms with van der Waals surface area (Å²) in [4.78, 5) is 23.4. The lowest BCUT2D eigenvalue weighted by molar-refractivity contribution is 0.0225. The van der Waals surface area contributed by atoms with Crippen LogP contribution in [0.2, 0.25) is 0 Å². The highest BCUT2D eigenvalue weighted by Crippen LogP contribution is 2.17. The number of carbonyl (C=O) groups is 2. The zero-order valence-electron chi connectivity index (χ0n) is 9.73. The first kappa shape index (κ1) is 12.6. The third-order valence-electron chi connectivity index (χ3n) is 2.06. The average molecular weight is 231 g/mol. The minimum atomic E-state index is -1.31. The Bertz CT molecular complexity index is 283. The van der Waals surface area contributed by atoms with Crippen LogP contribution >= 0.6 is 0 Å². The van der Waals surface area contributed by atoms with Crippen molar-refractivity contribution in [3.63, 3.8) is 0 Å². The van der Waals surface area contributed by atoms with Gasteiger partial charge < -0.3 is 19.5 Å². The van der Waals surface area contributed by atoms with E-state index < -0.39 is 24.0 Å². The number of hydrogen-bond acceptors (Lipinski definition) is 4. The first-order valence-corrected chi connectivity index (χ1v) is 5.15. The molecule has 1 atom stereocenters. The molecule has 0 aromatic carbocycles. The molecule has 0 aliphatic carbocycles. The molecule has 0 radical (unpaired) electrons. The van der Waals surface area contributed by atoms with Gasteiger partial charge in [-0.3, -0.25) is 0 Å². The predicted octanol–water partition coefficient (Wildman–Crippen LogP) is 1.69. The van der Waals surface area contributed by atoms with Crippen molar-refractivity contribution in [1.82, 2.24) is 4.90 Å². The lowest BCUT2D eigenvalue weighted by atomic mass is 10.2. The second-order valence-electron chi connectivity index (χ2n) is 4.72. The number of nitrogens with zero attached hydrogens (tertiary/aromatic N) is 1. The maximum absolute atomic E-state index is 11.6. The van der Waals surface area contributed by atoms with Gasteiger partial charge in [0.15, 0.2) is 0 Å². The van der Waals surface area contributed by atoms with Crippen LogP contribution in [0, 0.1) is 0 Å². The highest BCUT2D eigenvalue weighted by atomic mass is 16.7. The van der Waals surface area contributed by atoms with Gasteiger partial charge in [0.2, 0.25) is 0 Å². The van der Waals surface area contributed by atoms with Gasteiger partial charge in [0.1, 0.15) is 11.7 Å².